The van der Waals surface area contributed by atoms with Gasteiger partial charge in [-0.1, -0.05) is 12.1 Å². The predicted octanol–water partition coefficient (Wildman–Crippen LogP) is -0.500. The Morgan fingerprint density at radius 3 is 2.68 bits per heavy atom. The van der Waals surface area contributed by atoms with Crippen molar-refractivity contribution in [3.63, 3.8) is 0 Å². The van der Waals surface area contributed by atoms with Gasteiger partial charge in [-0.25, -0.2) is 10.4 Å². The van der Waals surface area contributed by atoms with Gasteiger partial charge in [-0.15, -0.1) is 0 Å². The fourth-order valence-corrected chi connectivity index (χ4v) is 1.71. The highest BCUT2D eigenvalue weighted by Crippen LogP contribution is 2.29. The number of hydrogen-bond donors (Lipinski definition) is 5. The number of fused-ring (bicyclic) bond motifs is 1. The smallest absolute Gasteiger partial charge is 0.244 e. The number of anilines is 2. The molecule has 0 fully saturated rings. The zero-order valence-corrected chi connectivity index (χ0v) is 10.5. The maximum atomic E-state index is 10.0. The summed E-state index contributed by atoms with van der Waals surface area (Å²) in [6, 6.07) is 6.88. The summed E-state index contributed by atoms with van der Waals surface area (Å²) in [6.45, 7) is 2.38. The molecule has 0 aliphatic carbocycles. The van der Waals surface area contributed by atoms with Gasteiger partial charge in [0.25, 0.3) is 0 Å². The lowest BCUT2D eigenvalue weighted by Crippen LogP contribution is -2.52. The number of aliphatic imine (C=N–C) groups is 1. The maximum absolute atomic E-state index is 10.0. The standard InChI is InChI=1S/C11H18N6O2/c12-5-6-13-7-8-14-11-15-17(19)10-4-2-1-3-9(10)16(11)18/h1-4,13,18-19H,5-8,12H2,(H,14,15). The summed E-state index contributed by atoms with van der Waals surface area (Å²) in [5.74, 6) is 0.163. The molecular weight excluding hydrogens is 248 g/mol. The van der Waals surface area contributed by atoms with Gasteiger partial charge in [-0.2, -0.15) is 10.2 Å². The van der Waals surface area contributed by atoms with E-state index in [0.717, 1.165) is 16.8 Å². The van der Waals surface area contributed by atoms with E-state index in [1.165, 1.54) is 0 Å². The molecule has 0 spiro atoms. The molecule has 0 saturated carbocycles. The van der Waals surface area contributed by atoms with Gasteiger partial charge in [0, 0.05) is 19.6 Å². The lowest BCUT2D eigenvalue weighted by atomic mass is 10.2. The number of hydroxylamine groups is 1. The zero-order valence-electron chi connectivity index (χ0n) is 10.5. The maximum Gasteiger partial charge on any atom is 0.244 e. The highest BCUT2D eigenvalue weighted by Gasteiger charge is 2.25. The van der Waals surface area contributed by atoms with E-state index < -0.39 is 0 Å². The Morgan fingerprint density at radius 2 is 1.95 bits per heavy atom. The van der Waals surface area contributed by atoms with Crippen LogP contribution in [0.2, 0.25) is 0 Å². The minimum atomic E-state index is 0.163. The lowest BCUT2D eigenvalue weighted by molar-refractivity contribution is 0.216. The topological polar surface area (TPSA) is 109 Å². The van der Waals surface area contributed by atoms with E-state index in [1.54, 1.807) is 24.3 Å². The van der Waals surface area contributed by atoms with Crippen molar-refractivity contribution >= 4 is 17.3 Å². The van der Waals surface area contributed by atoms with E-state index in [-0.39, 0.29) is 5.96 Å². The number of nitrogens with two attached hydrogens (primary N) is 1. The summed E-state index contributed by atoms with van der Waals surface area (Å²) in [5.41, 5.74) is 8.83. The fraction of sp³-hybridized carbons (Fsp3) is 0.364. The van der Waals surface area contributed by atoms with E-state index in [0.29, 0.717) is 31.0 Å². The summed E-state index contributed by atoms with van der Waals surface area (Å²) >= 11 is 0. The van der Waals surface area contributed by atoms with Crippen molar-refractivity contribution < 1.29 is 10.4 Å². The third kappa shape index (κ3) is 3.12. The van der Waals surface area contributed by atoms with Gasteiger partial charge in [0.05, 0.1) is 6.54 Å². The van der Waals surface area contributed by atoms with Gasteiger partial charge in [-0.3, -0.25) is 10.4 Å². The van der Waals surface area contributed by atoms with Gasteiger partial charge in [0.2, 0.25) is 5.96 Å². The number of para-hydroxylation sites is 2. The number of hydrazine groups is 1. The molecule has 1 aliphatic heterocycles. The minimum Gasteiger partial charge on any atom is -0.329 e. The Morgan fingerprint density at radius 1 is 1.21 bits per heavy atom. The average molecular weight is 266 g/mol. The Kier molecular flexibility index (Phi) is 4.53. The van der Waals surface area contributed by atoms with E-state index >= 15 is 0 Å². The number of nitrogens with zero attached hydrogens (tertiary/aromatic N) is 3. The van der Waals surface area contributed by atoms with E-state index in [9.17, 15) is 10.4 Å². The van der Waals surface area contributed by atoms with Crippen LogP contribution in [0.5, 0.6) is 0 Å². The molecule has 0 radical (unpaired) electrons. The first-order valence-electron chi connectivity index (χ1n) is 6.03. The molecule has 0 bridgehead atoms. The highest BCUT2D eigenvalue weighted by molar-refractivity contribution is 6.00. The van der Waals surface area contributed by atoms with Gasteiger partial charge in [0.1, 0.15) is 11.4 Å². The second-order valence-corrected chi connectivity index (χ2v) is 3.97. The Bertz CT molecular complexity index is 453. The van der Waals surface area contributed by atoms with Crippen molar-refractivity contribution in [2.24, 2.45) is 10.7 Å². The van der Waals surface area contributed by atoms with Crippen molar-refractivity contribution in [1.82, 2.24) is 10.7 Å². The number of rotatable bonds is 5. The second-order valence-electron chi connectivity index (χ2n) is 3.97. The number of hydrogen-bond acceptors (Lipinski definition) is 6. The molecule has 0 amide bonds. The van der Waals surface area contributed by atoms with E-state index in [2.05, 4.69) is 15.7 Å². The van der Waals surface area contributed by atoms with Crippen LogP contribution in [0.4, 0.5) is 11.4 Å². The first kappa shape index (κ1) is 13.6. The lowest BCUT2D eigenvalue weighted by Gasteiger charge is -2.32. The van der Waals surface area contributed by atoms with Gasteiger partial charge < -0.3 is 11.1 Å². The molecule has 0 atom stereocenters. The van der Waals surface area contributed by atoms with Crippen molar-refractivity contribution in [3.05, 3.63) is 24.3 Å². The monoisotopic (exact) mass is 266 g/mol. The van der Waals surface area contributed by atoms with Crippen LogP contribution in [0, 0.1) is 0 Å². The zero-order chi connectivity index (χ0) is 13.7. The largest absolute Gasteiger partial charge is 0.329 e. The van der Waals surface area contributed by atoms with E-state index in [1.807, 2.05) is 0 Å². The molecule has 1 aromatic rings. The van der Waals surface area contributed by atoms with Gasteiger partial charge in [-0.05, 0) is 12.1 Å². The van der Waals surface area contributed by atoms with Crippen LogP contribution in [0.15, 0.2) is 29.3 Å². The third-order valence-electron chi connectivity index (χ3n) is 2.62. The SMILES string of the molecule is NCCNCCN=C1NN(O)c2ccccc2N1O. The molecule has 6 N–H and O–H groups in total. The minimum absolute atomic E-state index is 0.163. The molecule has 8 nitrogen and oxygen atoms in total. The van der Waals surface area contributed by atoms with Gasteiger partial charge in [0.15, 0.2) is 0 Å². The van der Waals surface area contributed by atoms with Crippen molar-refractivity contribution in [3.8, 4) is 0 Å². The highest BCUT2D eigenvalue weighted by atomic mass is 16.6. The molecule has 19 heavy (non-hydrogen) atoms. The molecular formula is C11H18N6O2. The molecule has 2 rings (SSSR count). The normalized spacial score (nSPS) is 16.5. The van der Waals surface area contributed by atoms with Crippen LogP contribution in [0.25, 0.3) is 0 Å². The van der Waals surface area contributed by atoms with Crippen LogP contribution in [-0.2, 0) is 0 Å². The van der Waals surface area contributed by atoms with Crippen molar-refractivity contribution in [2.75, 3.05) is 36.4 Å². The first-order chi connectivity index (χ1) is 9.24. The predicted molar refractivity (Wildman–Crippen MR) is 72.3 cm³/mol. The summed E-state index contributed by atoms with van der Waals surface area (Å²) in [5, 5.41) is 24.6. The molecule has 104 valence electrons. The van der Waals surface area contributed by atoms with Gasteiger partial charge >= 0.3 is 0 Å². The Labute approximate surface area is 111 Å². The van der Waals surface area contributed by atoms with Crippen LogP contribution >= 0.6 is 0 Å². The van der Waals surface area contributed by atoms with Crippen molar-refractivity contribution in [2.45, 2.75) is 0 Å². The van der Waals surface area contributed by atoms with E-state index in [4.69, 9.17) is 5.73 Å². The summed E-state index contributed by atoms with van der Waals surface area (Å²) in [4.78, 5) is 4.16. The van der Waals surface area contributed by atoms with Crippen LogP contribution in [0.3, 0.4) is 0 Å². The fourth-order valence-electron chi connectivity index (χ4n) is 1.71. The van der Waals surface area contributed by atoms with Crippen molar-refractivity contribution in [1.29, 1.82) is 0 Å². The number of benzene rings is 1. The Hall–Kier alpha value is -1.87. The van der Waals surface area contributed by atoms with Crippen LogP contribution in [-0.4, -0.2) is 42.6 Å². The Balaban J connectivity index is 2.03. The summed E-state index contributed by atoms with van der Waals surface area (Å²) < 4.78 is 0. The van der Waals surface area contributed by atoms with Crippen LogP contribution in [0.1, 0.15) is 0 Å². The molecule has 1 heterocycles. The molecule has 1 aliphatic rings. The molecule has 0 unspecified atom stereocenters. The van der Waals surface area contributed by atoms with Crippen LogP contribution < -0.4 is 26.7 Å². The third-order valence-corrected chi connectivity index (χ3v) is 2.62. The quantitative estimate of drug-likeness (QED) is 0.457. The number of guanidine groups is 1. The first-order valence-corrected chi connectivity index (χ1v) is 6.03. The molecule has 0 aromatic heterocycles. The molecule has 0 saturated heterocycles. The molecule has 8 heteroatoms. The summed E-state index contributed by atoms with van der Waals surface area (Å²) in [7, 11) is 0. The summed E-state index contributed by atoms with van der Waals surface area (Å²) in [6.07, 6.45) is 0. The molecule has 1 aromatic carbocycles. The number of nitrogens with one attached hydrogen (secondary N) is 2. The average Bonchev–Trinajstić information content (AvgIpc) is 2.44. The second kappa shape index (κ2) is 6.34.